The van der Waals surface area contributed by atoms with Gasteiger partial charge in [-0.2, -0.15) is 0 Å². The van der Waals surface area contributed by atoms with Crippen LogP contribution in [0.1, 0.15) is 32.5 Å². The van der Waals surface area contributed by atoms with E-state index in [-0.39, 0.29) is 5.91 Å². The van der Waals surface area contributed by atoms with Crippen molar-refractivity contribution < 1.29 is 4.79 Å². The molecule has 1 aliphatic rings. The van der Waals surface area contributed by atoms with Gasteiger partial charge in [-0.05, 0) is 19.8 Å². The third kappa shape index (κ3) is 4.82. The van der Waals surface area contributed by atoms with Gasteiger partial charge in [0.2, 0.25) is 5.91 Å². The standard InChI is InChI=1S/C15H27N5O/c1-3-15-17-6-9-20(15)10-12(2)18-13-4-7-19(8-5-13)11-14(16)21/h6,9,12-13,18H,3-5,7-8,10-11H2,1-2H3,(H2,16,21). The van der Waals surface area contributed by atoms with E-state index in [2.05, 4.69) is 33.6 Å². The van der Waals surface area contributed by atoms with Gasteiger partial charge in [-0.25, -0.2) is 4.98 Å². The fraction of sp³-hybridized carbons (Fsp3) is 0.733. The van der Waals surface area contributed by atoms with Gasteiger partial charge in [-0.3, -0.25) is 9.69 Å². The lowest BCUT2D eigenvalue weighted by Crippen LogP contribution is -2.48. The van der Waals surface area contributed by atoms with Crippen molar-refractivity contribution in [2.24, 2.45) is 5.73 Å². The van der Waals surface area contributed by atoms with Gasteiger partial charge < -0.3 is 15.6 Å². The second-order valence-corrected chi connectivity index (χ2v) is 5.93. The number of aromatic nitrogens is 2. The predicted octanol–water partition coefficient (Wildman–Crippen LogP) is 0.373. The number of nitrogens with two attached hydrogens (primary N) is 1. The van der Waals surface area contributed by atoms with Gasteiger partial charge in [0.15, 0.2) is 0 Å². The number of carbonyl (C=O) groups is 1. The molecule has 3 N–H and O–H groups in total. The van der Waals surface area contributed by atoms with Crippen molar-refractivity contribution in [3.8, 4) is 0 Å². The van der Waals surface area contributed by atoms with Crippen molar-refractivity contribution in [3.63, 3.8) is 0 Å². The highest BCUT2D eigenvalue weighted by atomic mass is 16.1. The molecule has 1 atom stereocenters. The highest BCUT2D eigenvalue weighted by Gasteiger charge is 2.21. The van der Waals surface area contributed by atoms with Gasteiger partial charge >= 0.3 is 0 Å². The molecule has 0 saturated carbocycles. The average molecular weight is 293 g/mol. The van der Waals surface area contributed by atoms with Crippen LogP contribution in [-0.2, 0) is 17.8 Å². The summed E-state index contributed by atoms with van der Waals surface area (Å²) in [6.07, 6.45) is 7.02. The number of piperidine rings is 1. The summed E-state index contributed by atoms with van der Waals surface area (Å²) >= 11 is 0. The molecule has 1 aromatic heterocycles. The molecule has 21 heavy (non-hydrogen) atoms. The van der Waals surface area contributed by atoms with Crippen LogP contribution in [0.3, 0.4) is 0 Å². The molecule has 0 aliphatic carbocycles. The van der Waals surface area contributed by atoms with Gasteiger partial charge in [0.05, 0.1) is 6.54 Å². The van der Waals surface area contributed by atoms with E-state index in [0.29, 0.717) is 18.6 Å². The van der Waals surface area contributed by atoms with Crippen molar-refractivity contribution in [1.29, 1.82) is 0 Å². The quantitative estimate of drug-likeness (QED) is 0.762. The lowest BCUT2D eigenvalue weighted by molar-refractivity contribution is -0.119. The number of hydrogen-bond donors (Lipinski definition) is 2. The molecule has 1 unspecified atom stereocenters. The summed E-state index contributed by atoms with van der Waals surface area (Å²) < 4.78 is 2.22. The summed E-state index contributed by atoms with van der Waals surface area (Å²) in [4.78, 5) is 17.4. The Balaban J connectivity index is 1.74. The van der Waals surface area contributed by atoms with E-state index < -0.39 is 0 Å². The van der Waals surface area contributed by atoms with Crippen molar-refractivity contribution in [2.45, 2.75) is 51.7 Å². The van der Waals surface area contributed by atoms with E-state index in [1.165, 1.54) is 0 Å². The summed E-state index contributed by atoms with van der Waals surface area (Å²) in [5.41, 5.74) is 5.24. The Bertz CT molecular complexity index is 451. The number of likely N-dealkylation sites (tertiary alicyclic amines) is 1. The van der Waals surface area contributed by atoms with E-state index in [9.17, 15) is 4.79 Å². The fourth-order valence-electron chi connectivity index (χ4n) is 3.05. The number of nitrogens with zero attached hydrogens (tertiary/aromatic N) is 3. The number of nitrogens with one attached hydrogen (secondary N) is 1. The third-order valence-electron chi connectivity index (χ3n) is 4.08. The maximum atomic E-state index is 10.9. The fourth-order valence-corrected chi connectivity index (χ4v) is 3.05. The zero-order valence-electron chi connectivity index (χ0n) is 13.1. The van der Waals surface area contributed by atoms with Crippen LogP contribution in [0, 0.1) is 0 Å². The molecule has 1 aliphatic heterocycles. The zero-order valence-corrected chi connectivity index (χ0v) is 13.1. The smallest absolute Gasteiger partial charge is 0.231 e. The predicted molar refractivity (Wildman–Crippen MR) is 82.9 cm³/mol. The van der Waals surface area contributed by atoms with Crippen molar-refractivity contribution in [1.82, 2.24) is 19.8 Å². The Labute approximate surface area is 126 Å². The highest BCUT2D eigenvalue weighted by molar-refractivity contribution is 5.75. The van der Waals surface area contributed by atoms with Crippen LogP contribution in [0.4, 0.5) is 0 Å². The van der Waals surface area contributed by atoms with E-state index >= 15 is 0 Å². The van der Waals surface area contributed by atoms with E-state index in [4.69, 9.17) is 5.73 Å². The zero-order chi connectivity index (χ0) is 15.2. The van der Waals surface area contributed by atoms with Gasteiger partial charge in [0.25, 0.3) is 0 Å². The lowest BCUT2D eigenvalue weighted by Gasteiger charge is -2.33. The molecule has 0 bridgehead atoms. The molecule has 0 aromatic carbocycles. The second kappa shape index (κ2) is 7.56. The van der Waals surface area contributed by atoms with E-state index in [0.717, 1.165) is 44.7 Å². The maximum absolute atomic E-state index is 10.9. The minimum atomic E-state index is -0.234. The molecule has 1 saturated heterocycles. The third-order valence-corrected chi connectivity index (χ3v) is 4.08. The van der Waals surface area contributed by atoms with Gasteiger partial charge in [-0.1, -0.05) is 6.92 Å². The first-order chi connectivity index (χ1) is 10.1. The van der Waals surface area contributed by atoms with Crippen molar-refractivity contribution in [2.75, 3.05) is 19.6 Å². The minimum absolute atomic E-state index is 0.234. The van der Waals surface area contributed by atoms with Gasteiger partial charge in [0, 0.05) is 50.5 Å². The number of hydrogen-bond acceptors (Lipinski definition) is 4. The summed E-state index contributed by atoms with van der Waals surface area (Å²) in [5.74, 6) is 0.905. The van der Waals surface area contributed by atoms with Gasteiger partial charge in [0.1, 0.15) is 5.82 Å². The van der Waals surface area contributed by atoms with Crippen LogP contribution in [0.2, 0.25) is 0 Å². The molecule has 1 fully saturated rings. The van der Waals surface area contributed by atoms with Crippen LogP contribution >= 0.6 is 0 Å². The maximum Gasteiger partial charge on any atom is 0.231 e. The average Bonchev–Trinajstić information content (AvgIpc) is 2.87. The largest absolute Gasteiger partial charge is 0.369 e. The summed E-state index contributed by atoms with van der Waals surface area (Å²) in [7, 11) is 0. The molecule has 6 heteroatoms. The molecule has 2 heterocycles. The van der Waals surface area contributed by atoms with E-state index in [1.54, 1.807) is 0 Å². The Kier molecular flexibility index (Phi) is 5.76. The monoisotopic (exact) mass is 293 g/mol. The van der Waals surface area contributed by atoms with Crippen LogP contribution in [-0.4, -0.2) is 52.1 Å². The molecular formula is C15H27N5O. The highest BCUT2D eigenvalue weighted by Crippen LogP contribution is 2.11. The molecule has 0 radical (unpaired) electrons. The van der Waals surface area contributed by atoms with Crippen LogP contribution in [0.5, 0.6) is 0 Å². The molecule has 1 aromatic rings. The van der Waals surface area contributed by atoms with Crippen LogP contribution in [0.25, 0.3) is 0 Å². The van der Waals surface area contributed by atoms with Gasteiger partial charge in [-0.15, -0.1) is 0 Å². The normalized spacial score (nSPS) is 18.8. The first-order valence-electron chi connectivity index (χ1n) is 7.85. The Morgan fingerprint density at radius 1 is 1.52 bits per heavy atom. The molecule has 0 spiro atoms. The SMILES string of the molecule is CCc1nccn1CC(C)NC1CCN(CC(N)=O)CC1. The second-order valence-electron chi connectivity index (χ2n) is 5.93. The Morgan fingerprint density at radius 3 is 2.86 bits per heavy atom. The lowest BCUT2D eigenvalue weighted by atomic mass is 10.0. The number of amides is 1. The van der Waals surface area contributed by atoms with E-state index in [1.807, 2.05) is 12.4 Å². The van der Waals surface area contributed by atoms with Crippen molar-refractivity contribution >= 4 is 5.91 Å². The summed E-state index contributed by atoms with van der Waals surface area (Å²) in [6, 6.07) is 0.940. The number of primary amides is 1. The number of imidazole rings is 1. The van der Waals surface area contributed by atoms with Crippen molar-refractivity contribution in [3.05, 3.63) is 18.2 Å². The topological polar surface area (TPSA) is 76.2 Å². The molecule has 118 valence electrons. The Hall–Kier alpha value is -1.40. The molecule has 2 rings (SSSR count). The number of aryl methyl sites for hydroxylation is 1. The molecule has 1 amide bonds. The molecule has 6 nitrogen and oxygen atoms in total. The minimum Gasteiger partial charge on any atom is -0.369 e. The van der Waals surface area contributed by atoms with Crippen LogP contribution < -0.4 is 11.1 Å². The first-order valence-corrected chi connectivity index (χ1v) is 7.85. The summed E-state index contributed by atoms with van der Waals surface area (Å²) in [5, 5.41) is 3.69. The number of rotatable bonds is 7. The first kappa shape index (κ1) is 16.0. The Morgan fingerprint density at radius 2 is 2.24 bits per heavy atom. The molecular weight excluding hydrogens is 266 g/mol. The van der Waals surface area contributed by atoms with Crippen LogP contribution in [0.15, 0.2) is 12.4 Å². The number of carbonyl (C=O) groups excluding carboxylic acids is 1. The summed E-state index contributed by atoms with van der Waals surface area (Å²) in [6.45, 7) is 7.57.